The van der Waals surface area contributed by atoms with Crippen LogP contribution in [-0.4, -0.2) is 24.9 Å². The Morgan fingerprint density at radius 1 is 1.15 bits per heavy atom. The maximum atomic E-state index is 9.92. The van der Waals surface area contributed by atoms with E-state index in [4.69, 9.17) is 0 Å². The van der Waals surface area contributed by atoms with Gasteiger partial charge in [0.05, 0.1) is 17.5 Å². The Balaban J connectivity index is 2.14. The molecule has 0 bridgehead atoms. The summed E-state index contributed by atoms with van der Waals surface area (Å²) in [6, 6.07) is 8.96. The molecule has 3 rings (SSSR count). The first kappa shape index (κ1) is 12.3. The Morgan fingerprint density at radius 3 is 2.65 bits per heavy atom. The van der Waals surface area contributed by atoms with E-state index in [0.29, 0.717) is 11.4 Å². The standard InChI is InChI=1S/C15H14N4O/c1-10-7-13(11-8-16-19(2)9-11)18-15(17-10)12-5-3-4-6-14(12)20/h3-9,20H,1-2H3. The summed E-state index contributed by atoms with van der Waals surface area (Å²) in [5, 5.41) is 14.1. The summed E-state index contributed by atoms with van der Waals surface area (Å²) >= 11 is 0. The third kappa shape index (κ3) is 2.25. The van der Waals surface area contributed by atoms with Crippen molar-refractivity contribution in [2.24, 2.45) is 7.05 Å². The van der Waals surface area contributed by atoms with Gasteiger partial charge in [0.2, 0.25) is 0 Å². The van der Waals surface area contributed by atoms with Gasteiger partial charge in [-0.1, -0.05) is 12.1 Å². The number of aryl methyl sites for hydroxylation is 2. The predicted molar refractivity (Wildman–Crippen MR) is 76.1 cm³/mol. The summed E-state index contributed by atoms with van der Waals surface area (Å²) in [6.45, 7) is 1.91. The van der Waals surface area contributed by atoms with Gasteiger partial charge in [-0.2, -0.15) is 5.10 Å². The fraction of sp³-hybridized carbons (Fsp3) is 0.133. The maximum absolute atomic E-state index is 9.92. The maximum Gasteiger partial charge on any atom is 0.163 e. The Morgan fingerprint density at radius 2 is 1.95 bits per heavy atom. The molecule has 0 spiro atoms. The van der Waals surface area contributed by atoms with Gasteiger partial charge in [0.15, 0.2) is 5.82 Å². The molecule has 5 heteroatoms. The van der Waals surface area contributed by atoms with Crippen molar-refractivity contribution < 1.29 is 5.11 Å². The minimum atomic E-state index is 0.176. The molecule has 0 radical (unpaired) electrons. The summed E-state index contributed by atoms with van der Waals surface area (Å²) < 4.78 is 1.73. The lowest BCUT2D eigenvalue weighted by Crippen LogP contribution is -1.95. The molecule has 0 saturated carbocycles. The van der Waals surface area contributed by atoms with E-state index in [1.807, 2.05) is 32.3 Å². The van der Waals surface area contributed by atoms with Crippen LogP contribution in [-0.2, 0) is 7.05 Å². The zero-order valence-corrected chi connectivity index (χ0v) is 11.3. The molecule has 0 unspecified atom stereocenters. The van der Waals surface area contributed by atoms with E-state index in [-0.39, 0.29) is 5.75 Å². The molecule has 2 heterocycles. The summed E-state index contributed by atoms with van der Waals surface area (Å²) in [4.78, 5) is 8.92. The lowest BCUT2D eigenvalue weighted by atomic mass is 10.1. The van der Waals surface area contributed by atoms with Crippen molar-refractivity contribution in [1.29, 1.82) is 0 Å². The number of benzene rings is 1. The molecule has 0 aliphatic carbocycles. The number of hydrogen-bond acceptors (Lipinski definition) is 4. The van der Waals surface area contributed by atoms with Crippen LogP contribution in [0.3, 0.4) is 0 Å². The van der Waals surface area contributed by atoms with Gasteiger partial charge in [-0.25, -0.2) is 9.97 Å². The first-order chi connectivity index (χ1) is 9.63. The quantitative estimate of drug-likeness (QED) is 0.774. The van der Waals surface area contributed by atoms with Crippen molar-refractivity contribution in [3.05, 3.63) is 48.4 Å². The van der Waals surface area contributed by atoms with Crippen molar-refractivity contribution >= 4 is 0 Å². The number of para-hydroxylation sites is 1. The van der Waals surface area contributed by atoms with E-state index in [1.165, 1.54) is 0 Å². The van der Waals surface area contributed by atoms with Crippen LogP contribution in [0.15, 0.2) is 42.7 Å². The average Bonchev–Trinajstić information content (AvgIpc) is 2.85. The number of aromatic nitrogens is 4. The van der Waals surface area contributed by atoms with E-state index in [0.717, 1.165) is 17.0 Å². The van der Waals surface area contributed by atoms with Gasteiger partial charge in [-0.15, -0.1) is 0 Å². The monoisotopic (exact) mass is 266 g/mol. The summed E-state index contributed by atoms with van der Waals surface area (Å²) in [5.74, 6) is 0.692. The third-order valence-corrected chi connectivity index (χ3v) is 3.00. The van der Waals surface area contributed by atoms with Crippen molar-refractivity contribution in [3.8, 4) is 28.4 Å². The Bertz CT molecular complexity index is 764. The van der Waals surface area contributed by atoms with Gasteiger partial charge in [-0.3, -0.25) is 4.68 Å². The van der Waals surface area contributed by atoms with Gasteiger partial charge in [-0.05, 0) is 25.1 Å². The van der Waals surface area contributed by atoms with Crippen LogP contribution in [0, 0.1) is 6.92 Å². The summed E-state index contributed by atoms with van der Waals surface area (Å²) in [5.41, 5.74) is 3.19. The lowest BCUT2D eigenvalue weighted by molar-refractivity contribution is 0.477. The molecule has 0 aliphatic rings. The smallest absolute Gasteiger partial charge is 0.163 e. The first-order valence-corrected chi connectivity index (χ1v) is 6.26. The molecule has 2 aromatic heterocycles. The minimum Gasteiger partial charge on any atom is -0.507 e. The van der Waals surface area contributed by atoms with Crippen LogP contribution >= 0.6 is 0 Å². The van der Waals surface area contributed by atoms with Crippen LogP contribution in [0.1, 0.15) is 5.69 Å². The number of phenolic OH excluding ortho intramolecular Hbond substituents is 1. The van der Waals surface area contributed by atoms with Crippen molar-refractivity contribution in [2.45, 2.75) is 6.92 Å². The highest BCUT2D eigenvalue weighted by Gasteiger charge is 2.10. The molecule has 100 valence electrons. The highest BCUT2D eigenvalue weighted by atomic mass is 16.3. The molecule has 0 fully saturated rings. The fourth-order valence-electron chi connectivity index (χ4n) is 2.05. The number of rotatable bonds is 2. The third-order valence-electron chi connectivity index (χ3n) is 3.00. The predicted octanol–water partition coefficient (Wildman–Crippen LogP) is 2.56. The molecule has 0 atom stereocenters. The van der Waals surface area contributed by atoms with Crippen LogP contribution in [0.2, 0.25) is 0 Å². The Kier molecular flexibility index (Phi) is 2.95. The minimum absolute atomic E-state index is 0.176. The van der Waals surface area contributed by atoms with Gasteiger partial charge >= 0.3 is 0 Å². The zero-order valence-electron chi connectivity index (χ0n) is 11.3. The molecule has 3 aromatic rings. The van der Waals surface area contributed by atoms with Gasteiger partial charge < -0.3 is 5.11 Å². The fourth-order valence-corrected chi connectivity index (χ4v) is 2.05. The second-order valence-corrected chi connectivity index (χ2v) is 4.64. The molecule has 0 amide bonds. The molecule has 0 aliphatic heterocycles. The highest BCUT2D eigenvalue weighted by molar-refractivity contribution is 5.67. The Hall–Kier alpha value is -2.69. The van der Waals surface area contributed by atoms with E-state index >= 15 is 0 Å². The molecule has 1 N–H and O–H groups in total. The molecular weight excluding hydrogens is 252 g/mol. The molecule has 1 aromatic carbocycles. The van der Waals surface area contributed by atoms with Crippen molar-refractivity contribution in [3.63, 3.8) is 0 Å². The van der Waals surface area contributed by atoms with Crippen LogP contribution in [0.4, 0.5) is 0 Å². The summed E-state index contributed by atoms with van der Waals surface area (Å²) in [7, 11) is 1.86. The number of phenols is 1. The normalized spacial score (nSPS) is 10.7. The Labute approximate surface area is 116 Å². The average molecular weight is 266 g/mol. The SMILES string of the molecule is Cc1cc(-c2cnn(C)c2)nc(-c2ccccc2O)n1. The second kappa shape index (κ2) is 4.77. The van der Waals surface area contributed by atoms with Crippen molar-refractivity contribution in [2.75, 3.05) is 0 Å². The van der Waals surface area contributed by atoms with E-state index in [9.17, 15) is 5.11 Å². The van der Waals surface area contributed by atoms with Crippen LogP contribution < -0.4 is 0 Å². The van der Waals surface area contributed by atoms with E-state index in [2.05, 4.69) is 15.1 Å². The molecule has 5 nitrogen and oxygen atoms in total. The molecule has 20 heavy (non-hydrogen) atoms. The van der Waals surface area contributed by atoms with Crippen molar-refractivity contribution in [1.82, 2.24) is 19.7 Å². The topological polar surface area (TPSA) is 63.8 Å². The summed E-state index contributed by atoms with van der Waals surface area (Å²) in [6.07, 6.45) is 3.66. The number of hydrogen-bond donors (Lipinski definition) is 1. The van der Waals surface area contributed by atoms with Gasteiger partial charge in [0.25, 0.3) is 0 Å². The zero-order chi connectivity index (χ0) is 14.1. The number of aromatic hydroxyl groups is 1. The van der Waals surface area contributed by atoms with Crippen LogP contribution in [0.5, 0.6) is 5.75 Å². The second-order valence-electron chi connectivity index (χ2n) is 4.64. The largest absolute Gasteiger partial charge is 0.507 e. The first-order valence-electron chi connectivity index (χ1n) is 6.26. The van der Waals surface area contributed by atoms with E-state index < -0.39 is 0 Å². The van der Waals surface area contributed by atoms with E-state index in [1.54, 1.807) is 29.1 Å². The molecular formula is C15H14N4O. The number of nitrogens with zero attached hydrogens (tertiary/aromatic N) is 4. The molecule has 0 saturated heterocycles. The van der Waals surface area contributed by atoms with Gasteiger partial charge in [0.1, 0.15) is 5.75 Å². The van der Waals surface area contributed by atoms with Crippen LogP contribution in [0.25, 0.3) is 22.6 Å². The highest BCUT2D eigenvalue weighted by Crippen LogP contribution is 2.28. The lowest BCUT2D eigenvalue weighted by Gasteiger charge is -2.06. The van der Waals surface area contributed by atoms with Gasteiger partial charge in [0, 0.05) is 24.5 Å².